The number of carboxylic acids is 1. The van der Waals surface area contributed by atoms with Gasteiger partial charge in [0, 0.05) is 68.4 Å². The molecule has 2 aromatic carbocycles. The summed E-state index contributed by atoms with van der Waals surface area (Å²) in [6.07, 6.45) is 3.89. The SMILES string of the molecule is COc1cccc(N2CCN(C(=O)[C@H](CCC(=O)O)NC(=O)c3cc(OCC(=O)N4CCC[C@H]4C(=O)NC4CCC4)c4ccccc4n3)CC2)c1. The molecule has 3 aromatic rings. The van der Waals surface area contributed by atoms with E-state index in [1.54, 1.807) is 41.2 Å². The molecule has 51 heavy (non-hydrogen) atoms. The summed E-state index contributed by atoms with van der Waals surface area (Å²) in [5.74, 6) is -1.63. The number of aromatic nitrogens is 1. The maximum absolute atomic E-state index is 13.7. The fraction of sp³-hybridized carbons (Fsp3) is 0.459. The number of nitrogens with one attached hydrogen (secondary N) is 2. The number of hydrogen-bond acceptors (Lipinski definition) is 9. The molecule has 1 saturated carbocycles. The van der Waals surface area contributed by atoms with Crippen LogP contribution in [0.4, 0.5) is 5.69 Å². The summed E-state index contributed by atoms with van der Waals surface area (Å²) in [6, 6.07) is 14.6. The Bertz CT molecular complexity index is 1770. The number of piperazine rings is 1. The zero-order valence-corrected chi connectivity index (χ0v) is 28.7. The number of pyridine rings is 1. The molecule has 4 amide bonds. The van der Waals surface area contributed by atoms with Gasteiger partial charge in [0.1, 0.15) is 29.3 Å². The quantitative estimate of drug-likeness (QED) is 0.241. The largest absolute Gasteiger partial charge is 0.497 e. The lowest BCUT2D eigenvalue weighted by atomic mass is 9.93. The van der Waals surface area contributed by atoms with Crippen LogP contribution in [-0.2, 0) is 19.2 Å². The minimum atomic E-state index is -1.10. The summed E-state index contributed by atoms with van der Waals surface area (Å²) < 4.78 is 11.3. The van der Waals surface area contributed by atoms with Crippen LogP contribution in [0.5, 0.6) is 11.5 Å². The predicted molar refractivity (Wildman–Crippen MR) is 188 cm³/mol. The predicted octanol–water partition coefficient (Wildman–Crippen LogP) is 2.59. The van der Waals surface area contributed by atoms with Crippen molar-refractivity contribution in [3.05, 3.63) is 60.3 Å². The normalized spacial score (nSPS) is 18.1. The zero-order valence-electron chi connectivity index (χ0n) is 28.7. The Morgan fingerprint density at radius 2 is 1.73 bits per heavy atom. The summed E-state index contributed by atoms with van der Waals surface area (Å²) in [5, 5.41) is 15.8. The molecule has 3 aliphatic rings. The molecule has 14 heteroatoms. The second kappa shape index (κ2) is 16.1. The van der Waals surface area contributed by atoms with Crippen molar-refractivity contribution in [2.24, 2.45) is 0 Å². The van der Waals surface area contributed by atoms with Crippen molar-refractivity contribution in [1.29, 1.82) is 0 Å². The molecule has 3 fully saturated rings. The Morgan fingerprint density at radius 1 is 0.941 bits per heavy atom. The van der Waals surface area contributed by atoms with Crippen LogP contribution in [-0.4, -0.2) is 114 Å². The molecular formula is C37H44N6O8. The molecule has 0 radical (unpaired) electrons. The highest BCUT2D eigenvalue weighted by Gasteiger charge is 2.36. The Hall–Kier alpha value is -5.40. The van der Waals surface area contributed by atoms with Gasteiger partial charge in [-0.05, 0) is 62.8 Å². The molecule has 0 bridgehead atoms. The third-order valence-electron chi connectivity index (χ3n) is 9.85. The lowest BCUT2D eigenvalue weighted by molar-refractivity contribution is -0.140. The molecule has 0 unspecified atom stereocenters. The van der Waals surface area contributed by atoms with E-state index in [4.69, 9.17) is 9.47 Å². The summed E-state index contributed by atoms with van der Waals surface area (Å²) in [4.78, 5) is 74.9. The molecule has 2 saturated heterocycles. The van der Waals surface area contributed by atoms with Crippen LogP contribution < -0.4 is 25.0 Å². The van der Waals surface area contributed by atoms with E-state index < -0.39 is 24.0 Å². The molecular weight excluding hydrogens is 656 g/mol. The first kappa shape index (κ1) is 35.4. The molecule has 2 atom stereocenters. The van der Waals surface area contributed by atoms with Crippen molar-refractivity contribution in [2.75, 3.05) is 51.3 Å². The first-order chi connectivity index (χ1) is 24.7. The number of anilines is 1. The zero-order chi connectivity index (χ0) is 35.9. The van der Waals surface area contributed by atoms with Gasteiger partial charge in [0.25, 0.3) is 11.8 Å². The Morgan fingerprint density at radius 3 is 2.45 bits per heavy atom. The van der Waals surface area contributed by atoms with Crippen molar-refractivity contribution < 1.29 is 38.6 Å². The smallest absolute Gasteiger partial charge is 0.303 e. The van der Waals surface area contributed by atoms with E-state index in [9.17, 15) is 29.1 Å². The minimum Gasteiger partial charge on any atom is -0.497 e. The third kappa shape index (κ3) is 8.50. The first-order valence-electron chi connectivity index (χ1n) is 17.5. The number of carboxylic acid groups (broad SMARTS) is 1. The summed E-state index contributed by atoms with van der Waals surface area (Å²) in [6.45, 7) is 1.98. The maximum Gasteiger partial charge on any atom is 0.303 e. The summed E-state index contributed by atoms with van der Waals surface area (Å²) in [7, 11) is 1.60. The molecule has 270 valence electrons. The fourth-order valence-electron chi connectivity index (χ4n) is 6.76. The van der Waals surface area contributed by atoms with Crippen molar-refractivity contribution >= 4 is 46.2 Å². The number of ether oxygens (including phenoxy) is 2. The minimum absolute atomic E-state index is 0.0500. The van der Waals surface area contributed by atoms with Gasteiger partial charge in [-0.25, -0.2) is 4.98 Å². The van der Waals surface area contributed by atoms with Gasteiger partial charge in [-0.1, -0.05) is 18.2 Å². The summed E-state index contributed by atoms with van der Waals surface area (Å²) >= 11 is 0. The Labute approximate surface area is 296 Å². The second-order valence-electron chi connectivity index (χ2n) is 13.2. The van der Waals surface area contributed by atoms with E-state index in [0.29, 0.717) is 50.0 Å². The molecule has 3 N–H and O–H groups in total. The lowest BCUT2D eigenvalue weighted by Gasteiger charge is -2.37. The number of likely N-dealkylation sites (tertiary alicyclic amines) is 1. The Balaban J connectivity index is 1.13. The highest BCUT2D eigenvalue weighted by Crippen LogP contribution is 2.27. The van der Waals surface area contributed by atoms with Crippen molar-refractivity contribution in [3.63, 3.8) is 0 Å². The van der Waals surface area contributed by atoms with Gasteiger partial charge in [-0.3, -0.25) is 24.0 Å². The lowest BCUT2D eigenvalue weighted by Crippen LogP contribution is -2.55. The topological polar surface area (TPSA) is 171 Å². The number of rotatable bonds is 13. The molecule has 3 heterocycles. The van der Waals surface area contributed by atoms with Gasteiger partial charge in [-0.15, -0.1) is 0 Å². The average Bonchev–Trinajstić information content (AvgIpc) is 3.64. The summed E-state index contributed by atoms with van der Waals surface area (Å²) in [5.41, 5.74) is 1.36. The number of nitrogens with zero attached hydrogens (tertiary/aromatic N) is 4. The van der Waals surface area contributed by atoms with Crippen LogP contribution in [0.3, 0.4) is 0 Å². The number of amides is 4. The molecule has 1 aliphatic carbocycles. The molecule has 2 aliphatic heterocycles. The van der Waals surface area contributed by atoms with E-state index in [1.165, 1.54) is 6.07 Å². The highest BCUT2D eigenvalue weighted by atomic mass is 16.5. The van der Waals surface area contributed by atoms with Crippen molar-refractivity contribution in [1.82, 2.24) is 25.4 Å². The number of aliphatic carboxylic acids is 1. The number of benzene rings is 2. The van der Waals surface area contributed by atoms with Gasteiger partial charge >= 0.3 is 5.97 Å². The standard InChI is InChI=1S/C37H44N6O8/c1-50-26-10-5-9-25(21-26)41-17-19-42(20-18-41)37(49)29(14-15-34(45)46)40-35(47)30-22-32(27-11-2-3-12-28(27)39-30)51-23-33(44)43-16-6-13-31(43)36(48)38-24-7-4-8-24/h2-3,5,9-12,21-22,24,29,31H,4,6-8,13-20,23H2,1H3,(H,38,48)(H,40,47)(H,45,46)/t29-,31-/m0/s1. The molecule has 6 rings (SSSR count). The van der Waals surface area contributed by atoms with Crippen LogP contribution in [0.25, 0.3) is 10.9 Å². The van der Waals surface area contributed by atoms with Gasteiger partial charge in [0.2, 0.25) is 11.8 Å². The van der Waals surface area contributed by atoms with Gasteiger partial charge in [-0.2, -0.15) is 0 Å². The molecule has 0 spiro atoms. The van der Waals surface area contributed by atoms with Gasteiger partial charge in [0.05, 0.1) is 12.6 Å². The number of carbonyl (C=O) groups excluding carboxylic acids is 4. The van der Waals surface area contributed by atoms with Crippen LogP contribution in [0.2, 0.25) is 0 Å². The molecule has 1 aromatic heterocycles. The monoisotopic (exact) mass is 700 g/mol. The number of fused-ring (bicyclic) bond motifs is 1. The van der Waals surface area contributed by atoms with E-state index in [0.717, 1.165) is 37.1 Å². The van der Waals surface area contributed by atoms with E-state index in [1.807, 2.05) is 24.3 Å². The van der Waals surface area contributed by atoms with E-state index >= 15 is 0 Å². The first-order valence-corrected chi connectivity index (χ1v) is 17.5. The Kier molecular flexibility index (Phi) is 11.2. The van der Waals surface area contributed by atoms with Crippen LogP contribution in [0, 0.1) is 0 Å². The van der Waals surface area contributed by atoms with Gasteiger partial charge < -0.3 is 39.9 Å². The highest BCUT2D eigenvalue weighted by molar-refractivity contribution is 5.99. The second-order valence-corrected chi connectivity index (χ2v) is 13.2. The van der Waals surface area contributed by atoms with E-state index in [-0.39, 0.29) is 54.7 Å². The number of hydrogen-bond donors (Lipinski definition) is 3. The average molecular weight is 701 g/mol. The van der Waals surface area contributed by atoms with Crippen molar-refractivity contribution in [3.8, 4) is 11.5 Å². The number of methoxy groups -OCH3 is 1. The van der Waals surface area contributed by atoms with Crippen LogP contribution >= 0.6 is 0 Å². The van der Waals surface area contributed by atoms with E-state index in [2.05, 4.69) is 20.5 Å². The number of carbonyl (C=O) groups is 5. The van der Waals surface area contributed by atoms with Crippen LogP contribution in [0.15, 0.2) is 54.6 Å². The third-order valence-corrected chi connectivity index (χ3v) is 9.85. The maximum atomic E-state index is 13.7. The molecule has 14 nitrogen and oxygen atoms in total. The van der Waals surface area contributed by atoms with Gasteiger partial charge in [0.15, 0.2) is 6.61 Å². The number of para-hydroxylation sites is 1. The fourth-order valence-corrected chi connectivity index (χ4v) is 6.76. The van der Waals surface area contributed by atoms with Crippen molar-refractivity contribution in [2.45, 2.75) is 63.1 Å². The van der Waals surface area contributed by atoms with Crippen LogP contribution in [0.1, 0.15) is 55.4 Å².